The fourth-order valence-corrected chi connectivity index (χ4v) is 0.718. The number of ether oxygens (including phenoxy) is 1. The second-order valence-electron chi connectivity index (χ2n) is 1.65. The molecule has 0 fully saturated rings. The zero-order valence-corrected chi connectivity index (χ0v) is 6.44. The molecule has 0 radical (unpaired) electrons. The molecule has 2 nitrogen and oxygen atoms in total. The molecule has 0 saturated heterocycles. The first-order chi connectivity index (χ1) is 4.20. The number of carbonyl (C=O) groups excluding carboxylic acids is 1. The van der Waals surface area contributed by atoms with Crippen LogP contribution in [0.2, 0.25) is 0 Å². The molecule has 9 heavy (non-hydrogen) atoms. The Morgan fingerprint density at radius 2 is 2.33 bits per heavy atom. The summed E-state index contributed by atoms with van der Waals surface area (Å²) < 4.78 is 5.54. The number of halogens is 1. The Balaban J connectivity index is 2.83. The van der Waals surface area contributed by atoms with Crippen molar-refractivity contribution in [2.45, 2.75) is 0 Å². The van der Waals surface area contributed by atoms with Gasteiger partial charge in [-0.2, -0.15) is 0 Å². The highest BCUT2D eigenvalue weighted by atomic mass is 79.9. The molecule has 0 aromatic heterocycles. The fourth-order valence-electron chi connectivity index (χ4n) is 0.505. The van der Waals surface area contributed by atoms with Crippen molar-refractivity contribution in [3.05, 3.63) is 22.3 Å². The molecule has 1 aliphatic heterocycles. The van der Waals surface area contributed by atoms with E-state index in [1.807, 2.05) is 7.85 Å². The summed E-state index contributed by atoms with van der Waals surface area (Å²) >= 11 is 3.18. The maximum atomic E-state index is 10.4. The molecule has 0 atom stereocenters. The van der Waals surface area contributed by atoms with Crippen molar-refractivity contribution >= 4 is 29.7 Å². The fraction of sp³-hybridized carbons (Fsp3) is 0. The quantitative estimate of drug-likeness (QED) is 0.402. The number of allylic oxidation sites excluding steroid dienone is 1. The van der Waals surface area contributed by atoms with Gasteiger partial charge < -0.3 is 4.74 Å². The molecule has 1 heterocycles. The van der Waals surface area contributed by atoms with E-state index in [0.717, 1.165) is 4.38 Å². The standard InChI is InChI=1S/C5H4BBrO2/c6-5(7)3-1-2-4(8)9-3/h1-2H,6H2/b5-3+. The van der Waals surface area contributed by atoms with Gasteiger partial charge in [-0.1, -0.05) is 15.9 Å². The monoisotopic (exact) mass is 186 g/mol. The van der Waals surface area contributed by atoms with Crippen LogP contribution in [0.5, 0.6) is 0 Å². The first-order valence-electron chi connectivity index (χ1n) is 2.46. The molecule has 0 spiro atoms. The maximum absolute atomic E-state index is 10.4. The van der Waals surface area contributed by atoms with Gasteiger partial charge in [-0.3, -0.25) is 0 Å². The SMILES string of the molecule is B/C(Br)=C1/C=CC(=O)O1. The third kappa shape index (κ3) is 1.45. The number of hydrogen-bond donors (Lipinski definition) is 0. The van der Waals surface area contributed by atoms with Crippen molar-refractivity contribution < 1.29 is 9.53 Å². The van der Waals surface area contributed by atoms with Crippen LogP contribution in [-0.4, -0.2) is 13.8 Å². The zero-order valence-electron chi connectivity index (χ0n) is 4.85. The summed E-state index contributed by atoms with van der Waals surface area (Å²) in [5, 5.41) is 0. The van der Waals surface area contributed by atoms with Crippen LogP contribution in [-0.2, 0) is 9.53 Å². The minimum Gasteiger partial charge on any atom is -0.423 e. The average Bonchev–Trinajstić information content (AvgIpc) is 2.14. The largest absolute Gasteiger partial charge is 0.423 e. The van der Waals surface area contributed by atoms with Gasteiger partial charge in [-0.15, -0.1) is 0 Å². The molecule has 0 bridgehead atoms. The lowest BCUT2D eigenvalue weighted by molar-refractivity contribution is -0.132. The summed E-state index contributed by atoms with van der Waals surface area (Å²) in [4.78, 5) is 10.4. The average molecular weight is 187 g/mol. The van der Waals surface area contributed by atoms with E-state index in [0.29, 0.717) is 5.76 Å². The van der Waals surface area contributed by atoms with Gasteiger partial charge in [-0.25, -0.2) is 4.79 Å². The van der Waals surface area contributed by atoms with E-state index in [1.165, 1.54) is 6.08 Å². The maximum Gasteiger partial charge on any atom is 0.336 e. The van der Waals surface area contributed by atoms with Crippen molar-refractivity contribution in [1.82, 2.24) is 0 Å². The highest BCUT2D eigenvalue weighted by molar-refractivity contribution is 9.12. The minimum atomic E-state index is -0.302. The molecule has 0 aliphatic carbocycles. The Morgan fingerprint density at radius 3 is 2.56 bits per heavy atom. The highest BCUT2D eigenvalue weighted by Crippen LogP contribution is 2.15. The third-order valence-electron chi connectivity index (χ3n) is 0.921. The summed E-state index contributed by atoms with van der Waals surface area (Å²) in [5.74, 6) is 0.295. The molecular formula is C5H4BBrO2. The molecule has 46 valence electrons. The van der Waals surface area contributed by atoms with Crippen molar-refractivity contribution in [2.75, 3.05) is 0 Å². The van der Waals surface area contributed by atoms with Gasteiger partial charge >= 0.3 is 5.97 Å². The van der Waals surface area contributed by atoms with Crippen molar-refractivity contribution in [1.29, 1.82) is 0 Å². The molecule has 0 N–H and O–H groups in total. The van der Waals surface area contributed by atoms with E-state index in [4.69, 9.17) is 4.74 Å². The van der Waals surface area contributed by atoms with Gasteiger partial charge in [0.1, 0.15) is 5.76 Å². The second-order valence-corrected chi connectivity index (χ2v) is 2.84. The smallest absolute Gasteiger partial charge is 0.336 e. The summed E-state index contributed by atoms with van der Waals surface area (Å²) in [6.45, 7) is 0. The molecule has 0 amide bonds. The van der Waals surface area contributed by atoms with Gasteiger partial charge in [0.2, 0.25) is 0 Å². The third-order valence-corrected chi connectivity index (χ3v) is 1.31. The molecule has 0 unspecified atom stereocenters. The van der Waals surface area contributed by atoms with E-state index >= 15 is 0 Å². The van der Waals surface area contributed by atoms with Crippen LogP contribution in [0, 0.1) is 0 Å². The zero-order chi connectivity index (χ0) is 6.85. The van der Waals surface area contributed by atoms with Gasteiger partial charge in [0, 0.05) is 6.08 Å². The summed E-state index contributed by atoms with van der Waals surface area (Å²) in [6, 6.07) is 0. The lowest BCUT2D eigenvalue weighted by Gasteiger charge is -1.94. The minimum absolute atomic E-state index is 0.302. The Hall–Kier alpha value is -0.505. The summed E-state index contributed by atoms with van der Waals surface area (Å²) in [6.07, 6.45) is 3.02. The normalized spacial score (nSPS) is 22.1. The second kappa shape index (κ2) is 2.39. The Labute approximate surface area is 62.1 Å². The number of cyclic esters (lactones) is 1. The van der Waals surface area contributed by atoms with Crippen molar-refractivity contribution in [3.8, 4) is 0 Å². The number of carbonyl (C=O) groups is 1. The lowest BCUT2D eigenvalue weighted by Crippen LogP contribution is -1.91. The van der Waals surface area contributed by atoms with Gasteiger partial charge in [0.05, 0.1) is 0 Å². The van der Waals surface area contributed by atoms with Gasteiger partial charge in [0.15, 0.2) is 7.85 Å². The predicted octanol–water partition coefficient (Wildman–Crippen LogP) is 0.296. The van der Waals surface area contributed by atoms with Gasteiger partial charge in [-0.05, 0) is 10.5 Å². The van der Waals surface area contributed by atoms with E-state index in [2.05, 4.69) is 15.9 Å². The molecule has 0 aromatic carbocycles. The van der Waals surface area contributed by atoms with Crippen LogP contribution in [0.4, 0.5) is 0 Å². The Bertz CT molecular complexity index is 203. The Kier molecular flexibility index (Phi) is 1.76. The van der Waals surface area contributed by atoms with Crippen LogP contribution < -0.4 is 0 Å². The Morgan fingerprint density at radius 1 is 1.67 bits per heavy atom. The molecular weight excluding hydrogens is 183 g/mol. The number of hydrogen-bond acceptors (Lipinski definition) is 2. The van der Waals surface area contributed by atoms with Crippen LogP contribution in [0.25, 0.3) is 0 Å². The van der Waals surface area contributed by atoms with Crippen molar-refractivity contribution in [2.24, 2.45) is 0 Å². The van der Waals surface area contributed by atoms with E-state index in [-0.39, 0.29) is 5.97 Å². The predicted molar refractivity (Wildman–Crippen MR) is 39.7 cm³/mol. The van der Waals surface area contributed by atoms with Gasteiger partial charge in [0.25, 0.3) is 0 Å². The first kappa shape index (κ1) is 6.61. The molecule has 1 aliphatic rings. The van der Waals surface area contributed by atoms with Crippen LogP contribution in [0.3, 0.4) is 0 Å². The summed E-state index contributed by atoms with van der Waals surface area (Å²) in [5.41, 5.74) is 0. The van der Waals surface area contributed by atoms with Crippen LogP contribution in [0.15, 0.2) is 22.3 Å². The molecule has 0 aromatic rings. The first-order valence-corrected chi connectivity index (χ1v) is 3.26. The van der Waals surface area contributed by atoms with E-state index < -0.39 is 0 Å². The lowest BCUT2D eigenvalue weighted by atomic mass is 10.1. The summed E-state index contributed by atoms with van der Waals surface area (Å²) in [7, 11) is 1.82. The molecule has 0 saturated carbocycles. The van der Waals surface area contributed by atoms with E-state index in [9.17, 15) is 4.79 Å². The topological polar surface area (TPSA) is 26.3 Å². The van der Waals surface area contributed by atoms with Crippen LogP contribution >= 0.6 is 15.9 Å². The highest BCUT2D eigenvalue weighted by Gasteiger charge is 2.09. The number of esters is 1. The number of rotatable bonds is 0. The van der Waals surface area contributed by atoms with Crippen molar-refractivity contribution in [3.63, 3.8) is 0 Å². The van der Waals surface area contributed by atoms with Crippen LogP contribution in [0.1, 0.15) is 0 Å². The molecule has 1 rings (SSSR count). The van der Waals surface area contributed by atoms with E-state index in [1.54, 1.807) is 6.08 Å². The molecule has 4 heteroatoms.